The molecule has 0 aliphatic heterocycles. The lowest BCUT2D eigenvalue weighted by molar-refractivity contribution is 0.261. The SMILES string of the molecule is C[C@H]1CC[C@H](CC(C#N)(C#N)c2ccc(O)cc2)CC1. The minimum absolute atomic E-state index is 0.157. The van der Waals surface area contributed by atoms with Crippen LogP contribution >= 0.6 is 0 Å². The fourth-order valence-electron chi connectivity index (χ4n) is 3.08. The van der Waals surface area contributed by atoms with E-state index in [2.05, 4.69) is 19.1 Å². The number of phenolic OH excluding ortho intramolecular Hbond substituents is 1. The van der Waals surface area contributed by atoms with Crippen molar-refractivity contribution >= 4 is 0 Å². The third kappa shape index (κ3) is 2.94. The zero-order valence-electron chi connectivity index (χ0n) is 11.8. The Balaban J connectivity index is 2.20. The van der Waals surface area contributed by atoms with E-state index in [1.165, 1.54) is 12.8 Å². The Labute approximate surface area is 120 Å². The first-order chi connectivity index (χ1) is 9.59. The van der Waals surface area contributed by atoms with Crippen LogP contribution in [0.15, 0.2) is 24.3 Å². The molecule has 0 saturated heterocycles. The minimum atomic E-state index is -1.08. The van der Waals surface area contributed by atoms with Gasteiger partial charge in [0.15, 0.2) is 5.41 Å². The third-order valence-corrected chi connectivity index (χ3v) is 4.47. The summed E-state index contributed by atoms with van der Waals surface area (Å²) >= 11 is 0. The van der Waals surface area contributed by atoms with Crippen LogP contribution in [0.5, 0.6) is 5.75 Å². The molecule has 0 amide bonds. The van der Waals surface area contributed by atoms with Crippen LogP contribution in [-0.2, 0) is 5.41 Å². The number of nitriles is 2. The van der Waals surface area contributed by atoms with Gasteiger partial charge in [-0.2, -0.15) is 10.5 Å². The first kappa shape index (κ1) is 14.4. The van der Waals surface area contributed by atoms with Gasteiger partial charge in [-0.05, 0) is 36.0 Å². The van der Waals surface area contributed by atoms with Gasteiger partial charge in [0.1, 0.15) is 5.75 Å². The highest BCUT2D eigenvalue weighted by Gasteiger charge is 2.36. The molecule has 1 N–H and O–H groups in total. The molecule has 0 heterocycles. The van der Waals surface area contributed by atoms with Crippen LogP contribution in [0.25, 0.3) is 0 Å². The van der Waals surface area contributed by atoms with Crippen LogP contribution in [0.3, 0.4) is 0 Å². The molecular weight excluding hydrogens is 248 g/mol. The molecule has 1 aliphatic carbocycles. The van der Waals surface area contributed by atoms with Gasteiger partial charge in [-0.25, -0.2) is 0 Å². The largest absolute Gasteiger partial charge is 0.508 e. The first-order valence-electron chi connectivity index (χ1n) is 7.21. The monoisotopic (exact) mass is 268 g/mol. The Hall–Kier alpha value is -2.00. The highest BCUT2D eigenvalue weighted by Crippen LogP contribution is 2.38. The van der Waals surface area contributed by atoms with Crippen molar-refractivity contribution in [3.8, 4) is 17.9 Å². The van der Waals surface area contributed by atoms with E-state index in [1.807, 2.05) is 0 Å². The highest BCUT2D eigenvalue weighted by atomic mass is 16.3. The second-order valence-corrected chi connectivity index (χ2v) is 6.01. The summed E-state index contributed by atoms with van der Waals surface area (Å²) < 4.78 is 0. The van der Waals surface area contributed by atoms with Gasteiger partial charge in [0.25, 0.3) is 0 Å². The van der Waals surface area contributed by atoms with Crippen molar-refractivity contribution in [1.82, 2.24) is 0 Å². The summed E-state index contributed by atoms with van der Waals surface area (Å²) in [5, 5.41) is 28.4. The van der Waals surface area contributed by atoms with Crippen molar-refractivity contribution in [2.24, 2.45) is 11.8 Å². The molecule has 20 heavy (non-hydrogen) atoms. The van der Waals surface area contributed by atoms with Gasteiger partial charge in [-0.15, -0.1) is 0 Å². The van der Waals surface area contributed by atoms with E-state index in [0.717, 1.165) is 18.8 Å². The van der Waals surface area contributed by atoms with Crippen LogP contribution in [0, 0.1) is 34.5 Å². The fraction of sp³-hybridized carbons (Fsp3) is 0.529. The van der Waals surface area contributed by atoms with Crippen molar-refractivity contribution in [2.75, 3.05) is 0 Å². The van der Waals surface area contributed by atoms with Gasteiger partial charge >= 0.3 is 0 Å². The number of benzene rings is 1. The molecule has 0 radical (unpaired) electrons. The van der Waals surface area contributed by atoms with Crippen LogP contribution in [0.1, 0.15) is 44.6 Å². The maximum atomic E-state index is 9.55. The van der Waals surface area contributed by atoms with Gasteiger partial charge in [0, 0.05) is 0 Å². The van der Waals surface area contributed by atoms with E-state index in [0.29, 0.717) is 17.9 Å². The molecule has 0 spiro atoms. The third-order valence-electron chi connectivity index (χ3n) is 4.47. The molecular formula is C17H20N2O. The summed E-state index contributed by atoms with van der Waals surface area (Å²) in [6, 6.07) is 10.9. The molecule has 1 saturated carbocycles. The fourth-order valence-corrected chi connectivity index (χ4v) is 3.08. The number of phenols is 1. The summed E-state index contributed by atoms with van der Waals surface area (Å²) in [7, 11) is 0. The maximum absolute atomic E-state index is 9.55. The molecule has 0 bridgehead atoms. The minimum Gasteiger partial charge on any atom is -0.508 e. The quantitative estimate of drug-likeness (QED) is 0.904. The average molecular weight is 268 g/mol. The number of aromatic hydroxyl groups is 1. The Morgan fingerprint density at radius 3 is 2.15 bits per heavy atom. The van der Waals surface area contributed by atoms with Gasteiger partial charge in [0.05, 0.1) is 12.1 Å². The summed E-state index contributed by atoms with van der Waals surface area (Å²) in [4.78, 5) is 0. The molecule has 0 aromatic heterocycles. The second-order valence-electron chi connectivity index (χ2n) is 6.01. The zero-order chi connectivity index (χ0) is 14.6. The Morgan fingerprint density at radius 2 is 1.65 bits per heavy atom. The van der Waals surface area contributed by atoms with Crippen molar-refractivity contribution in [2.45, 2.75) is 44.4 Å². The molecule has 1 aromatic carbocycles. The number of nitrogens with zero attached hydrogens (tertiary/aromatic N) is 2. The molecule has 1 aromatic rings. The van der Waals surface area contributed by atoms with Gasteiger partial charge in [-0.1, -0.05) is 44.7 Å². The molecule has 3 nitrogen and oxygen atoms in total. The van der Waals surface area contributed by atoms with Crippen LogP contribution in [0.4, 0.5) is 0 Å². The molecule has 104 valence electrons. The summed E-state index contributed by atoms with van der Waals surface area (Å²) in [6.45, 7) is 2.26. The Kier molecular flexibility index (Phi) is 4.30. The van der Waals surface area contributed by atoms with Crippen molar-refractivity contribution in [3.05, 3.63) is 29.8 Å². The summed E-state index contributed by atoms with van der Waals surface area (Å²) in [5.74, 6) is 1.36. The van der Waals surface area contributed by atoms with Gasteiger partial charge in [-0.3, -0.25) is 0 Å². The second kappa shape index (κ2) is 5.97. The predicted octanol–water partition coefficient (Wildman–Crippen LogP) is 3.89. The molecule has 3 heteroatoms. The van der Waals surface area contributed by atoms with Gasteiger partial charge in [0.2, 0.25) is 0 Å². The Bertz CT molecular complexity index is 514. The summed E-state index contributed by atoms with van der Waals surface area (Å²) in [6.07, 6.45) is 5.17. The molecule has 0 atom stereocenters. The van der Waals surface area contributed by atoms with E-state index < -0.39 is 5.41 Å². The summed E-state index contributed by atoms with van der Waals surface area (Å²) in [5.41, 5.74) is -0.391. The lowest BCUT2D eigenvalue weighted by Crippen LogP contribution is -2.27. The van der Waals surface area contributed by atoms with E-state index >= 15 is 0 Å². The highest BCUT2D eigenvalue weighted by molar-refractivity contribution is 5.42. The lowest BCUT2D eigenvalue weighted by Gasteiger charge is -2.30. The Morgan fingerprint density at radius 1 is 1.10 bits per heavy atom. The normalized spacial score (nSPS) is 22.8. The van der Waals surface area contributed by atoms with Crippen molar-refractivity contribution < 1.29 is 5.11 Å². The van der Waals surface area contributed by atoms with Crippen LogP contribution < -0.4 is 0 Å². The van der Waals surface area contributed by atoms with E-state index in [1.54, 1.807) is 24.3 Å². The van der Waals surface area contributed by atoms with E-state index in [9.17, 15) is 15.6 Å². The first-order valence-corrected chi connectivity index (χ1v) is 7.21. The average Bonchev–Trinajstić information content (AvgIpc) is 2.48. The van der Waals surface area contributed by atoms with Gasteiger partial charge < -0.3 is 5.11 Å². The number of hydrogen-bond acceptors (Lipinski definition) is 3. The lowest BCUT2D eigenvalue weighted by atomic mass is 9.71. The molecule has 2 rings (SSSR count). The molecule has 1 aliphatic rings. The zero-order valence-corrected chi connectivity index (χ0v) is 11.8. The standard InChI is InChI=1S/C17H20N2O/c1-13-2-4-14(5-3-13)10-17(11-18,12-19)15-6-8-16(20)9-7-15/h6-9,13-14,20H,2-5,10H2,1H3/t13-,14-. The van der Waals surface area contributed by atoms with E-state index in [-0.39, 0.29) is 5.75 Å². The van der Waals surface area contributed by atoms with Crippen molar-refractivity contribution in [1.29, 1.82) is 10.5 Å². The van der Waals surface area contributed by atoms with Crippen molar-refractivity contribution in [3.63, 3.8) is 0 Å². The molecule has 0 unspecified atom stereocenters. The van der Waals surface area contributed by atoms with Crippen LogP contribution in [-0.4, -0.2) is 5.11 Å². The van der Waals surface area contributed by atoms with Crippen LogP contribution in [0.2, 0.25) is 0 Å². The number of hydrogen-bond donors (Lipinski definition) is 1. The number of rotatable bonds is 3. The topological polar surface area (TPSA) is 67.8 Å². The predicted molar refractivity (Wildman–Crippen MR) is 76.7 cm³/mol. The smallest absolute Gasteiger partial charge is 0.168 e. The van der Waals surface area contributed by atoms with E-state index in [4.69, 9.17) is 0 Å². The molecule has 1 fully saturated rings. The maximum Gasteiger partial charge on any atom is 0.168 e.